The van der Waals surface area contributed by atoms with Crippen molar-refractivity contribution in [3.05, 3.63) is 77.3 Å². The number of carbonyl (C=O) groups is 1. The van der Waals surface area contributed by atoms with Crippen LogP contribution in [-0.2, 0) is 4.79 Å². The first-order chi connectivity index (χ1) is 13.6. The number of oxazole rings is 1. The van der Waals surface area contributed by atoms with Gasteiger partial charge in [0.25, 0.3) is 5.91 Å². The highest BCUT2D eigenvalue weighted by Crippen LogP contribution is 2.26. The molecule has 1 amide bonds. The molecule has 28 heavy (non-hydrogen) atoms. The van der Waals surface area contributed by atoms with E-state index in [2.05, 4.69) is 10.3 Å². The van der Waals surface area contributed by atoms with Gasteiger partial charge in [0.1, 0.15) is 11.3 Å². The number of benzene rings is 3. The van der Waals surface area contributed by atoms with E-state index in [9.17, 15) is 4.79 Å². The molecule has 1 aromatic heterocycles. The van der Waals surface area contributed by atoms with Crippen molar-refractivity contribution in [2.24, 2.45) is 0 Å². The average molecular weight is 393 g/mol. The number of halogens is 1. The Bertz CT molecular complexity index is 1120. The Morgan fingerprint density at radius 2 is 1.82 bits per heavy atom. The number of aryl methyl sites for hydroxylation is 1. The van der Waals surface area contributed by atoms with Gasteiger partial charge in [-0.2, -0.15) is 0 Å². The minimum Gasteiger partial charge on any atom is -0.484 e. The molecule has 4 rings (SSSR count). The number of hydrogen-bond donors (Lipinski definition) is 1. The average Bonchev–Trinajstić information content (AvgIpc) is 3.11. The number of nitrogens with zero attached hydrogens (tertiary/aromatic N) is 1. The Balaban J connectivity index is 1.39. The van der Waals surface area contributed by atoms with Gasteiger partial charge < -0.3 is 14.5 Å². The molecular formula is C22H17ClN2O3. The molecule has 0 unspecified atom stereocenters. The lowest BCUT2D eigenvalue weighted by atomic mass is 10.2. The van der Waals surface area contributed by atoms with E-state index < -0.39 is 0 Å². The Morgan fingerprint density at radius 3 is 2.57 bits per heavy atom. The van der Waals surface area contributed by atoms with Gasteiger partial charge in [-0.1, -0.05) is 17.7 Å². The van der Waals surface area contributed by atoms with Crippen molar-refractivity contribution in [3.63, 3.8) is 0 Å². The van der Waals surface area contributed by atoms with Gasteiger partial charge >= 0.3 is 0 Å². The van der Waals surface area contributed by atoms with Crippen LogP contribution in [0.15, 0.2) is 71.1 Å². The largest absolute Gasteiger partial charge is 0.484 e. The molecule has 0 aliphatic carbocycles. The fourth-order valence-corrected chi connectivity index (χ4v) is 2.86. The Morgan fingerprint density at radius 1 is 1.07 bits per heavy atom. The van der Waals surface area contributed by atoms with Crippen LogP contribution in [0.25, 0.3) is 22.6 Å². The molecular weight excluding hydrogens is 376 g/mol. The van der Waals surface area contributed by atoms with Crippen molar-refractivity contribution in [2.45, 2.75) is 6.92 Å². The van der Waals surface area contributed by atoms with Crippen molar-refractivity contribution in [3.8, 4) is 17.2 Å². The Hall–Kier alpha value is -3.31. The van der Waals surface area contributed by atoms with Gasteiger partial charge in [0.15, 0.2) is 12.2 Å². The molecule has 3 aromatic carbocycles. The van der Waals surface area contributed by atoms with Crippen LogP contribution in [0.2, 0.25) is 5.02 Å². The number of carbonyl (C=O) groups excluding carboxylic acids is 1. The molecule has 0 saturated carbocycles. The molecule has 0 atom stereocenters. The summed E-state index contributed by atoms with van der Waals surface area (Å²) in [6.45, 7) is 1.93. The van der Waals surface area contributed by atoms with Gasteiger partial charge in [-0.3, -0.25) is 4.79 Å². The van der Waals surface area contributed by atoms with Gasteiger partial charge in [0, 0.05) is 16.3 Å². The fraction of sp³-hybridized carbons (Fsp3) is 0.0909. The van der Waals surface area contributed by atoms with E-state index in [1.165, 1.54) is 0 Å². The van der Waals surface area contributed by atoms with Crippen molar-refractivity contribution in [2.75, 3.05) is 11.9 Å². The molecule has 0 aliphatic heterocycles. The molecule has 0 saturated heterocycles. The second-order valence-electron chi connectivity index (χ2n) is 6.36. The number of rotatable bonds is 5. The van der Waals surface area contributed by atoms with E-state index in [1.54, 1.807) is 36.4 Å². The van der Waals surface area contributed by atoms with E-state index in [1.807, 2.05) is 37.3 Å². The number of hydrogen-bond acceptors (Lipinski definition) is 4. The quantitative estimate of drug-likeness (QED) is 0.488. The molecule has 0 spiro atoms. The molecule has 1 N–H and O–H groups in total. The zero-order chi connectivity index (χ0) is 19.5. The van der Waals surface area contributed by atoms with Gasteiger partial charge in [-0.15, -0.1) is 0 Å². The number of amides is 1. The van der Waals surface area contributed by atoms with Gasteiger partial charge in [0.05, 0.1) is 0 Å². The molecule has 0 radical (unpaired) electrons. The highest BCUT2D eigenvalue weighted by atomic mass is 35.5. The van der Waals surface area contributed by atoms with Crippen molar-refractivity contribution in [1.82, 2.24) is 4.98 Å². The minimum absolute atomic E-state index is 0.0894. The molecule has 5 nitrogen and oxygen atoms in total. The van der Waals surface area contributed by atoms with Gasteiger partial charge in [-0.25, -0.2) is 4.98 Å². The summed E-state index contributed by atoms with van der Waals surface area (Å²) in [6, 6.07) is 20.0. The van der Waals surface area contributed by atoms with E-state index in [0.717, 1.165) is 22.2 Å². The minimum atomic E-state index is -0.250. The molecule has 0 aliphatic rings. The zero-order valence-corrected chi connectivity index (χ0v) is 15.9. The summed E-state index contributed by atoms with van der Waals surface area (Å²) in [4.78, 5) is 16.6. The lowest BCUT2D eigenvalue weighted by Crippen LogP contribution is -2.20. The van der Waals surface area contributed by atoms with Crippen molar-refractivity contribution >= 4 is 34.3 Å². The molecule has 0 fully saturated rings. The van der Waals surface area contributed by atoms with Crippen LogP contribution in [0.4, 0.5) is 5.69 Å². The maximum Gasteiger partial charge on any atom is 0.262 e. The summed E-state index contributed by atoms with van der Waals surface area (Å²) >= 11 is 5.82. The Labute approximate surface area is 166 Å². The van der Waals surface area contributed by atoms with Crippen LogP contribution >= 0.6 is 11.6 Å². The standard InChI is InChI=1S/C22H17ClN2O3/c1-14-2-11-20-19(12-14)25-22(28-20)15-3-7-17(8-4-15)24-21(26)13-27-18-9-5-16(23)6-10-18/h2-12H,13H2,1H3,(H,24,26). The molecule has 0 bridgehead atoms. The predicted molar refractivity (Wildman–Crippen MR) is 110 cm³/mol. The first kappa shape index (κ1) is 18.1. The van der Waals surface area contributed by atoms with Crippen LogP contribution in [-0.4, -0.2) is 17.5 Å². The number of aromatic nitrogens is 1. The predicted octanol–water partition coefficient (Wildman–Crippen LogP) is 5.47. The summed E-state index contributed by atoms with van der Waals surface area (Å²) in [5.74, 6) is 0.880. The van der Waals surface area contributed by atoms with Crippen LogP contribution in [0, 0.1) is 6.92 Å². The number of anilines is 1. The number of fused-ring (bicyclic) bond motifs is 1. The first-order valence-corrected chi connectivity index (χ1v) is 9.10. The molecule has 4 aromatic rings. The second-order valence-corrected chi connectivity index (χ2v) is 6.79. The van der Waals surface area contributed by atoms with Gasteiger partial charge in [0.2, 0.25) is 5.89 Å². The normalized spacial score (nSPS) is 10.8. The third-order valence-corrected chi connectivity index (χ3v) is 4.39. The lowest BCUT2D eigenvalue weighted by Gasteiger charge is -2.08. The number of ether oxygens (including phenoxy) is 1. The molecule has 1 heterocycles. The van der Waals surface area contributed by atoms with E-state index >= 15 is 0 Å². The molecule has 140 valence electrons. The van der Waals surface area contributed by atoms with Crippen LogP contribution in [0.5, 0.6) is 5.75 Å². The highest BCUT2D eigenvalue weighted by molar-refractivity contribution is 6.30. The first-order valence-electron chi connectivity index (χ1n) is 8.73. The summed E-state index contributed by atoms with van der Waals surface area (Å²) in [5.41, 5.74) is 4.21. The van der Waals surface area contributed by atoms with Crippen LogP contribution < -0.4 is 10.1 Å². The molecule has 6 heteroatoms. The Kier molecular flexibility index (Phi) is 5.00. The maximum absolute atomic E-state index is 12.1. The fourth-order valence-electron chi connectivity index (χ4n) is 2.73. The van der Waals surface area contributed by atoms with E-state index in [0.29, 0.717) is 22.4 Å². The second kappa shape index (κ2) is 7.74. The maximum atomic E-state index is 12.1. The van der Waals surface area contributed by atoms with Crippen molar-refractivity contribution < 1.29 is 13.9 Å². The van der Waals surface area contributed by atoms with Crippen LogP contribution in [0.1, 0.15) is 5.56 Å². The third kappa shape index (κ3) is 4.15. The summed E-state index contributed by atoms with van der Waals surface area (Å²) < 4.78 is 11.2. The van der Waals surface area contributed by atoms with Crippen LogP contribution in [0.3, 0.4) is 0 Å². The topological polar surface area (TPSA) is 64.4 Å². The van der Waals surface area contributed by atoms with E-state index in [-0.39, 0.29) is 12.5 Å². The van der Waals surface area contributed by atoms with Gasteiger partial charge in [-0.05, 0) is 73.2 Å². The summed E-state index contributed by atoms with van der Waals surface area (Å²) in [6.07, 6.45) is 0. The monoisotopic (exact) mass is 392 g/mol. The van der Waals surface area contributed by atoms with E-state index in [4.69, 9.17) is 20.8 Å². The number of nitrogens with one attached hydrogen (secondary N) is 1. The highest BCUT2D eigenvalue weighted by Gasteiger charge is 2.09. The SMILES string of the molecule is Cc1ccc2oc(-c3ccc(NC(=O)COc4ccc(Cl)cc4)cc3)nc2c1. The summed E-state index contributed by atoms with van der Waals surface area (Å²) in [5, 5.41) is 3.41. The summed E-state index contributed by atoms with van der Waals surface area (Å²) in [7, 11) is 0. The lowest BCUT2D eigenvalue weighted by molar-refractivity contribution is -0.118. The third-order valence-electron chi connectivity index (χ3n) is 4.14. The van der Waals surface area contributed by atoms with Crippen molar-refractivity contribution in [1.29, 1.82) is 0 Å². The smallest absolute Gasteiger partial charge is 0.262 e. The zero-order valence-electron chi connectivity index (χ0n) is 15.1.